The van der Waals surface area contributed by atoms with Crippen LogP contribution in [0.2, 0.25) is 0 Å². The minimum Gasteiger partial charge on any atom is -0.467 e. The van der Waals surface area contributed by atoms with Crippen molar-refractivity contribution in [2.75, 3.05) is 0 Å². The third-order valence-corrected chi connectivity index (χ3v) is 3.08. The maximum absolute atomic E-state index is 12.0. The Labute approximate surface area is 139 Å². The molecule has 0 spiro atoms. The van der Waals surface area contributed by atoms with Gasteiger partial charge in [0.1, 0.15) is 23.2 Å². The number of nitrogens with zero attached hydrogens (tertiary/aromatic N) is 1. The second-order valence-corrected chi connectivity index (χ2v) is 4.83. The topological polar surface area (TPSA) is 92.3 Å². The first kappa shape index (κ1) is 17.0. The summed E-state index contributed by atoms with van der Waals surface area (Å²) in [5, 5.41) is 11.8. The van der Waals surface area contributed by atoms with E-state index in [1.54, 1.807) is 43.3 Å². The predicted molar refractivity (Wildman–Crippen MR) is 86.5 cm³/mol. The summed E-state index contributed by atoms with van der Waals surface area (Å²) >= 11 is 0. The van der Waals surface area contributed by atoms with Gasteiger partial charge in [0.25, 0.3) is 5.91 Å². The first-order valence-corrected chi connectivity index (χ1v) is 7.35. The van der Waals surface area contributed by atoms with Crippen molar-refractivity contribution in [3.63, 3.8) is 0 Å². The standard InChI is InChI=1S/C18H16N2O4/c1-2-17(21)24-15-7-5-13(6-8-15)10-14(11-19)18(22)20-12-16-4-3-9-23-16/h3-10H,2,12H2,1H3,(H,20,22)/b14-10+. The van der Waals surface area contributed by atoms with Crippen molar-refractivity contribution < 1.29 is 18.7 Å². The van der Waals surface area contributed by atoms with Crippen LogP contribution in [0.3, 0.4) is 0 Å². The lowest BCUT2D eigenvalue weighted by Gasteiger charge is -2.04. The van der Waals surface area contributed by atoms with E-state index in [0.29, 0.717) is 17.1 Å². The number of nitriles is 1. The second-order valence-electron chi connectivity index (χ2n) is 4.83. The van der Waals surface area contributed by atoms with E-state index in [0.717, 1.165) is 0 Å². The molecular weight excluding hydrogens is 308 g/mol. The Hall–Kier alpha value is -3.33. The lowest BCUT2D eigenvalue weighted by molar-refractivity contribution is -0.134. The first-order valence-electron chi connectivity index (χ1n) is 7.35. The summed E-state index contributed by atoms with van der Waals surface area (Å²) in [6, 6.07) is 11.9. The van der Waals surface area contributed by atoms with E-state index in [2.05, 4.69) is 5.32 Å². The molecule has 0 saturated heterocycles. The molecule has 2 rings (SSSR count). The Morgan fingerprint density at radius 2 is 2.04 bits per heavy atom. The van der Waals surface area contributed by atoms with Gasteiger partial charge in [-0.2, -0.15) is 5.26 Å². The molecule has 0 radical (unpaired) electrons. The third-order valence-electron chi connectivity index (χ3n) is 3.08. The molecule has 6 heteroatoms. The zero-order valence-corrected chi connectivity index (χ0v) is 13.1. The van der Waals surface area contributed by atoms with E-state index in [4.69, 9.17) is 14.4 Å². The van der Waals surface area contributed by atoms with Crippen molar-refractivity contribution in [3.05, 3.63) is 59.6 Å². The molecule has 1 amide bonds. The average Bonchev–Trinajstić information content (AvgIpc) is 3.12. The largest absolute Gasteiger partial charge is 0.467 e. The third kappa shape index (κ3) is 4.85. The summed E-state index contributed by atoms with van der Waals surface area (Å²) in [5.74, 6) is 0.200. The van der Waals surface area contributed by atoms with E-state index in [9.17, 15) is 9.59 Å². The second kappa shape index (κ2) is 8.34. The number of rotatable bonds is 6. The van der Waals surface area contributed by atoms with Crippen LogP contribution < -0.4 is 10.1 Å². The summed E-state index contributed by atoms with van der Waals surface area (Å²) < 4.78 is 10.2. The minimum atomic E-state index is -0.490. The summed E-state index contributed by atoms with van der Waals surface area (Å²) in [4.78, 5) is 23.2. The van der Waals surface area contributed by atoms with Gasteiger partial charge < -0.3 is 14.5 Å². The molecule has 0 fully saturated rings. The van der Waals surface area contributed by atoms with Gasteiger partial charge in [0.2, 0.25) is 0 Å². The smallest absolute Gasteiger partial charge is 0.310 e. The lowest BCUT2D eigenvalue weighted by Crippen LogP contribution is -2.23. The van der Waals surface area contributed by atoms with Gasteiger partial charge in [0.15, 0.2) is 0 Å². The van der Waals surface area contributed by atoms with E-state index < -0.39 is 5.91 Å². The van der Waals surface area contributed by atoms with E-state index in [-0.39, 0.29) is 24.5 Å². The summed E-state index contributed by atoms with van der Waals surface area (Å²) in [6.45, 7) is 1.91. The Bertz CT molecular complexity index is 768. The fourth-order valence-corrected chi connectivity index (χ4v) is 1.83. The molecule has 0 aliphatic heterocycles. The van der Waals surface area contributed by atoms with Crippen molar-refractivity contribution in [2.24, 2.45) is 0 Å². The molecule has 0 bridgehead atoms. The van der Waals surface area contributed by atoms with Crippen LogP contribution in [0, 0.1) is 11.3 Å². The van der Waals surface area contributed by atoms with Crippen molar-refractivity contribution in [3.8, 4) is 11.8 Å². The lowest BCUT2D eigenvalue weighted by atomic mass is 10.1. The number of hydrogen-bond acceptors (Lipinski definition) is 5. The van der Waals surface area contributed by atoms with E-state index >= 15 is 0 Å². The van der Waals surface area contributed by atoms with Gasteiger partial charge in [0.05, 0.1) is 12.8 Å². The molecule has 122 valence electrons. The molecular formula is C18H16N2O4. The number of esters is 1. The molecule has 24 heavy (non-hydrogen) atoms. The Morgan fingerprint density at radius 1 is 1.29 bits per heavy atom. The zero-order valence-electron chi connectivity index (χ0n) is 13.1. The molecule has 2 aromatic rings. The van der Waals surface area contributed by atoms with E-state index in [1.165, 1.54) is 12.3 Å². The fraction of sp³-hybridized carbons (Fsp3) is 0.167. The fourth-order valence-electron chi connectivity index (χ4n) is 1.83. The number of hydrogen-bond donors (Lipinski definition) is 1. The Morgan fingerprint density at radius 3 is 2.62 bits per heavy atom. The monoisotopic (exact) mass is 324 g/mol. The molecule has 1 aromatic carbocycles. The average molecular weight is 324 g/mol. The highest BCUT2D eigenvalue weighted by Gasteiger charge is 2.09. The van der Waals surface area contributed by atoms with Crippen LogP contribution in [0.4, 0.5) is 0 Å². The van der Waals surface area contributed by atoms with Crippen LogP contribution in [0.25, 0.3) is 6.08 Å². The molecule has 1 N–H and O–H groups in total. The molecule has 0 unspecified atom stereocenters. The van der Waals surface area contributed by atoms with Gasteiger partial charge in [0, 0.05) is 6.42 Å². The van der Waals surface area contributed by atoms with Crippen LogP contribution >= 0.6 is 0 Å². The molecule has 1 aromatic heterocycles. The Kier molecular flexibility index (Phi) is 5.92. The van der Waals surface area contributed by atoms with Gasteiger partial charge in [-0.05, 0) is 35.9 Å². The van der Waals surface area contributed by atoms with Gasteiger partial charge >= 0.3 is 5.97 Å². The number of furan rings is 1. The maximum atomic E-state index is 12.0. The number of nitrogens with one attached hydrogen (secondary N) is 1. The highest BCUT2D eigenvalue weighted by molar-refractivity contribution is 6.01. The molecule has 0 aliphatic carbocycles. The highest BCUT2D eigenvalue weighted by Crippen LogP contribution is 2.15. The van der Waals surface area contributed by atoms with Crippen LogP contribution in [0.1, 0.15) is 24.7 Å². The first-order chi connectivity index (χ1) is 11.6. The van der Waals surface area contributed by atoms with Crippen LogP contribution in [-0.2, 0) is 16.1 Å². The summed E-state index contributed by atoms with van der Waals surface area (Å²) in [5.41, 5.74) is 0.621. The summed E-state index contributed by atoms with van der Waals surface area (Å²) in [7, 11) is 0. The SMILES string of the molecule is CCC(=O)Oc1ccc(/C=C(\C#N)C(=O)NCc2ccco2)cc1. The quantitative estimate of drug-likeness (QED) is 0.382. The number of benzene rings is 1. The van der Waals surface area contributed by atoms with Crippen LogP contribution in [0.5, 0.6) is 5.75 Å². The predicted octanol–water partition coefficient (Wildman–Crippen LogP) is 2.82. The normalized spacial score (nSPS) is 10.8. The molecule has 0 saturated carbocycles. The number of carbonyl (C=O) groups excluding carboxylic acids is 2. The van der Waals surface area contributed by atoms with Crippen molar-refractivity contribution in [1.82, 2.24) is 5.32 Å². The molecule has 0 atom stereocenters. The number of ether oxygens (including phenoxy) is 1. The van der Waals surface area contributed by atoms with Crippen LogP contribution in [0.15, 0.2) is 52.7 Å². The van der Waals surface area contributed by atoms with Gasteiger partial charge in [-0.15, -0.1) is 0 Å². The van der Waals surface area contributed by atoms with E-state index in [1.807, 2.05) is 6.07 Å². The molecule has 0 aliphatic rings. The summed E-state index contributed by atoms with van der Waals surface area (Å²) in [6.07, 6.45) is 3.26. The Balaban J connectivity index is 2.02. The van der Waals surface area contributed by atoms with Gasteiger partial charge in [-0.1, -0.05) is 19.1 Å². The van der Waals surface area contributed by atoms with Crippen molar-refractivity contribution >= 4 is 18.0 Å². The van der Waals surface area contributed by atoms with Crippen LogP contribution in [-0.4, -0.2) is 11.9 Å². The highest BCUT2D eigenvalue weighted by atomic mass is 16.5. The van der Waals surface area contributed by atoms with Gasteiger partial charge in [-0.25, -0.2) is 0 Å². The van der Waals surface area contributed by atoms with Gasteiger partial charge in [-0.3, -0.25) is 9.59 Å². The molecule has 1 heterocycles. The molecule has 6 nitrogen and oxygen atoms in total. The van der Waals surface area contributed by atoms with Crippen molar-refractivity contribution in [1.29, 1.82) is 5.26 Å². The maximum Gasteiger partial charge on any atom is 0.310 e. The number of carbonyl (C=O) groups is 2. The van der Waals surface area contributed by atoms with Crippen molar-refractivity contribution in [2.45, 2.75) is 19.9 Å². The zero-order chi connectivity index (χ0) is 17.4. The minimum absolute atomic E-state index is 0.0279. The number of amides is 1.